The van der Waals surface area contributed by atoms with Crippen LogP contribution in [0.4, 0.5) is 0 Å². The van der Waals surface area contributed by atoms with Gasteiger partial charge in [0.05, 0.1) is 6.26 Å². The normalized spacial score (nSPS) is 17.3. The summed E-state index contributed by atoms with van der Waals surface area (Å²) in [5.41, 5.74) is 8.90. The second kappa shape index (κ2) is 5.71. The molecule has 20 heavy (non-hydrogen) atoms. The second-order valence-electron chi connectivity index (χ2n) is 5.55. The summed E-state index contributed by atoms with van der Waals surface area (Å²) >= 11 is 0. The molecule has 1 aromatic carbocycles. The van der Waals surface area contributed by atoms with E-state index in [9.17, 15) is 0 Å². The molecule has 0 radical (unpaired) electrons. The molecule has 0 spiro atoms. The fourth-order valence-corrected chi connectivity index (χ4v) is 2.81. The Hall–Kier alpha value is -1.74. The largest absolute Gasteiger partial charge is 0.481 e. The van der Waals surface area contributed by atoms with Gasteiger partial charge in [0.2, 0.25) is 0 Å². The molecule has 2 unspecified atom stereocenters. The van der Waals surface area contributed by atoms with Gasteiger partial charge >= 0.3 is 0 Å². The highest BCUT2D eigenvalue weighted by Gasteiger charge is 2.21. The van der Waals surface area contributed by atoms with E-state index in [-0.39, 0.29) is 12.1 Å². The molecule has 3 nitrogen and oxygen atoms in total. The summed E-state index contributed by atoms with van der Waals surface area (Å²) in [5.74, 6) is 1.65. The van der Waals surface area contributed by atoms with Crippen LogP contribution < -0.4 is 10.5 Å². The van der Waals surface area contributed by atoms with Crippen molar-refractivity contribution in [3.8, 4) is 5.75 Å². The topological polar surface area (TPSA) is 48.4 Å². The highest BCUT2D eigenvalue weighted by molar-refractivity contribution is 5.37. The Bertz CT molecular complexity index is 560. The lowest BCUT2D eigenvalue weighted by atomic mass is 9.92. The van der Waals surface area contributed by atoms with E-state index in [0.29, 0.717) is 0 Å². The highest BCUT2D eigenvalue weighted by atomic mass is 16.5. The van der Waals surface area contributed by atoms with Crippen LogP contribution in [0.1, 0.15) is 42.8 Å². The molecule has 0 amide bonds. The van der Waals surface area contributed by atoms with Crippen molar-refractivity contribution in [1.29, 1.82) is 0 Å². The van der Waals surface area contributed by atoms with Crippen molar-refractivity contribution in [1.82, 2.24) is 0 Å². The van der Waals surface area contributed by atoms with Gasteiger partial charge in [0.25, 0.3) is 0 Å². The van der Waals surface area contributed by atoms with E-state index in [1.807, 2.05) is 25.1 Å². The van der Waals surface area contributed by atoms with Crippen molar-refractivity contribution in [2.75, 3.05) is 0 Å². The van der Waals surface area contributed by atoms with Gasteiger partial charge in [-0.25, -0.2) is 0 Å². The van der Waals surface area contributed by atoms with Gasteiger partial charge in [0.15, 0.2) is 6.10 Å². The first-order valence-corrected chi connectivity index (χ1v) is 7.31. The predicted octanol–water partition coefficient (Wildman–Crippen LogP) is 3.63. The molecule has 3 rings (SSSR count). The quantitative estimate of drug-likeness (QED) is 0.923. The maximum Gasteiger partial charge on any atom is 0.171 e. The summed E-state index contributed by atoms with van der Waals surface area (Å²) in [7, 11) is 0. The third kappa shape index (κ3) is 2.73. The summed E-state index contributed by atoms with van der Waals surface area (Å²) in [6, 6.07) is 10.0. The van der Waals surface area contributed by atoms with Crippen LogP contribution in [0.25, 0.3) is 0 Å². The molecule has 106 valence electrons. The third-order valence-corrected chi connectivity index (χ3v) is 3.88. The minimum Gasteiger partial charge on any atom is -0.481 e. The van der Waals surface area contributed by atoms with Gasteiger partial charge in [-0.15, -0.1) is 0 Å². The molecule has 1 aliphatic carbocycles. The Labute approximate surface area is 119 Å². The standard InChI is InChI=1S/C17H21NO2/c1-12(18)17(16-7-4-10-19-16)20-15-9-8-13-5-2-3-6-14(13)11-15/h4,7-12,17H,2-3,5-6,18H2,1H3. The molecule has 1 aromatic heterocycles. The molecule has 1 heterocycles. The molecule has 0 saturated heterocycles. The van der Waals surface area contributed by atoms with Crippen LogP contribution in [0.5, 0.6) is 5.75 Å². The zero-order chi connectivity index (χ0) is 13.9. The van der Waals surface area contributed by atoms with E-state index >= 15 is 0 Å². The number of benzene rings is 1. The SMILES string of the molecule is CC(N)C(Oc1ccc2c(c1)CCCC2)c1ccco1. The maximum absolute atomic E-state index is 6.07. The van der Waals surface area contributed by atoms with E-state index in [2.05, 4.69) is 12.1 Å². The first-order chi connectivity index (χ1) is 9.74. The average molecular weight is 271 g/mol. The van der Waals surface area contributed by atoms with Crippen LogP contribution in [0, 0.1) is 0 Å². The maximum atomic E-state index is 6.07. The molecule has 0 aliphatic heterocycles. The molecular weight excluding hydrogens is 250 g/mol. The van der Waals surface area contributed by atoms with Crippen molar-refractivity contribution in [2.45, 2.75) is 44.8 Å². The Morgan fingerprint density at radius 3 is 2.65 bits per heavy atom. The van der Waals surface area contributed by atoms with Gasteiger partial charge in [0, 0.05) is 6.04 Å². The Kier molecular flexibility index (Phi) is 3.79. The van der Waals surface area contributed by atoms with Crippen molar-refractivity contribution in [3.05, 3.63) is 53.5 Å². The molecule has 0 bridgehead atoms. The number of hydrogen-bond donors (Lipinski definition) is 1. The third-order valence-electron chi connectivity index (χ3n) is 3.88. The van der Waals surface area contributed by atoms with Crippen LogP contribution in [-0.2, 0) is 12.8 Å². The number of nitrogens with two attached hydrogens (primary N) is 1. The number of fused-ring (bicyclic) bond motifs is 1. The van der Waals surface area contributed by atoms with Crippen LogP contribution in [0.2, 0.25) is 0 Å². The molecule has 0 saturated carbocycles. The van der Waals surface area contributed by atoms with Crippen molar-refractivity contribution < 1.29 is 9.15 Å². The lowest BCUT2D eigenvalue weighted by Gasteiger charge is -2.22. The highest BCUT2D eigenvalue weighted by Crippen LogP contribution is 2.29. The first-order valence-electron chi connectivity index (χ1n) is 7.31. The molecule has 1 aliphatic rings. The number of furan rings is 1. The minimum absolute atomic E-state index is 0.128. The van der Waals surface area contributed by atoms with Gasteiger partial charge in [-0.3, -0.25) is 0 Å². The van der Waals surface area contributed by atoms with Gasteiger partial charge in [-0.2, -0.15) is 0 Å². The van der Waals surface area contributed by atoms with Crippen LogP contribution in [0.15, 0.2) is 41.0 Å². The Balaban J connectivity index is 1.82. The second-order valence-corrected chi connectivity index (χ2v) is 5.55. The minimum atomic E-state index is -0.244. The summed E-state index contributed by atoms with van der Waals surface area (Å²) in [4.78, 5) is 0. The van der Waals surface area contributed by atoms with E-state index in [1.54, 1.807) is 6.26 Å². The zero-order valence-corrected chi connectivity index (χ0v) is 11.8. The lowest BCUT2D eigenvalue weighted by molar-refractivity contribution is 0.153. The van der Waals surface area contributed by atoms with Gasteiger partial charge < -0.3 is 14.9 Å². The molecule has 0 fully saturated rings. The molecule has 2 N–H and O–H groups in total. The number of rotatable bonds is 4. The van der Waals surface area contributed by atoms with Crippen LogP contribution in [0.3, 0.4) is 0 Å². The summed E-state index contributed by atoms with van der Waals surface area (Å²) < 4.78 is 11.5. The van der Waals surface area contributed by atoms with Crippen LogP contribution in [-0.4, -0.2) is 6.04 Å². The summed E-state index contributed by atoms with van der Waals surface area (Å²) in [6.07, 6.45) is 6.31. The van der Waals surface area contributed by atoms with Crippen molar-refractivity contribution >= 4 is 0 Å². The zero-order valence-electron chi connectivity index (χ0n) is 11.8. The molecule has 2 atom stereocenters. The van der Waals surface area contributed by atoms with E-state index in [1.165, 1.54) is 30.4 Å². The van der Waals surface area contributed by atoms with E-state index in [0.717, 1.165) is 17.9 Å². The number of hydrogen-bond acceptors (Lipinski definition) is 3. The van der Waals surface area contributed by atoms with Gasteiger partial charge in [-0.05, 0) is 68.0 Å². The fraction of sp³-hybridized carbons (Fsp3) is 0.412. The average Bonchev–Trinajstić information content (AvgIpc) is 2.98. The lowest BCUT2D eigenvalue weighted by Crippen LogP contribution is -2.28. The first kappa shape index (κ1) is 13.3. The van der Waals surface area contributed by atoms with Crippen molar-refractivity contribution in [2.24, 2.45) is 5.73 Å². The van der Waals surface area contributed by atoms with Crippen LogP contribution >= 0.6 is 0 Å². The molecule has 2 aromatic rings. The number of ether oxygens (including phenoxy) is 1. The van der Waals surface area contributed by atoms with Gasteiger partial charge in [0.1, 0.15) is 11.5 Å². The summed E-state index contributed by atoms with van der Waals surface area (Å²) in [5, 5.41) is 0. The Morgan fingerprint density at radius 1 is 1.15 bits per heavy atom. The molecule has 3 heteroatoms. The van der Waals surface area contributed by atoms with E-state index < -0.39 is 0 Å². The Morgan fingerprint density at radius 2 is 1.95 bits per heavy atom. The van der Waals surface area contributed by atoms with Gasteiger partial charge in [-0.1, -0.05) is 6.07 Å². The predicted molar refractivity (Wildman–Crippen MR) is 78.8 cm³/mol. The van der Waals surface area contributed by atoms with E-state index in [4.69, 9.17) is 14.9 Å². The summed E-state index contributed by atoms with van der Waals surface area (Å²) in [6.45, 7) is 1.94. The monoisotopic (exact) mass is 271 g/mol. The van der Waals surface area contributed by atoms with Crippen molar-refractivity contribution in [3.63, 3.8) is 0 Å². The molecular formula is C17H21NO2. The number of aryl methyl sites for hydroxylation is 2. The fourth-order valence-electron chi connectivity index (χ4n) is 2.81. The smallest absolute Gasteiger partial charge is 0.171 e.